The number of carboxylic acid groups (broad SMARTS) is 1. The molecule has 0 spiro atoms. The Labute approximate surface area is 207 Å². The summed E-state index contributed by atoms with van der Waals surface area (Å²) in [5.74, 6) is 0.559. The Kier molecular flexibility index (Phi) is 8.04. The Balaban J connectivity index is 1.66. The van der Waals surface area contributed by atoms with Crippen molar-refractivity contribution in [2.75, 3.05) is 14.2 Å². The van der Waals surface area contributed by atoms with Crippen molar-refractivity contribution < 1.29 is 33.6 Å². The fourth-order valence-corrected chi connectivity index (χ4v) is 5.49. The minimum absolute atomic E-state index is 0.0496. The van der Waals surface area contributed by atoms with Gasteiger partial charge in [0.15, 0.2) is 0 Å². The molecular weight excluding hydrogens is 472 g/mol. The monoisotopic (exact) mass is 502 g/mol. The van der Waals surface area contributed by atoms with Crippen LogP contribution in [0.25, 0.3) is 10.8 Å². The van der Waals surface area contributed by atoms with Gasteiger partial charge >= 0.3 is 5.97 Å². The molecule has 2 aromatic heterocycles. The third-order valence-electron chi connectivity index (χ3n) is 6.20. The highest BCUT2D eigenvalue weighted by Crippen LogP contribution is 2.37. The molecule has 1 aromatic carbocycles. The van der Waals surface area contributed by atoms with Gasteiger partial charge in [0.1, 0.15) is 28.7 Å². The number of hydrogen-bond donors (Lipinski definition) is 2. The number of benzene rings is 1. The van der Waals surface area contributed by atoms with Crippen LogP contribution < -0.4 is 9.47 Å². The molecule has 4 rings (SSSR count). The summed E-state index contributed by atoms with van der Waals surface area (Å²) in [7, 11) is 3.16. The molecule has 2 heterocycles. The van der Waals surface area contributed by atoms with Crippen molar-refractivity contribution in [3.8, 4) is 22.3 Å². The summed E-state index contributed by atoms with van der Waals surface area (Å²) in [6.45, 7) is 1.89. The van der Waals surface area contributed by atoms with Crippen molar-refractivity contribution in [1.82, 2.24) is 9.97 Å². The number of nitrogens with zero attached hydrogens (tertiary/aromatic N) is 2. The number of methoxy groups -OCH3 is 2. The standard InChI is InChI=1S/C25H30N2O7S/c1-14-18(31-2)10-15(11-19(14)32-3)23(30)20(34-16-6-4-5-7-16)13-21-27-17(12-22(28)29)24(35-21)25-26-8-9-33-25/h8-11,16,20,23,30H,4-7,12-13H2,1-3H3,(H,28,29)/t20-,23+/m0/s1. The molecule has 0 amide bonds. The van der Waals surface area contributed by atoms with Crippen molar-refractivity contribution >= 4 is 17.3 Å². The van der Waals surface area contributed by atoms with Gasteiger partial charge in [-0.2, -0.15) is 0 Å². The summed E-state index contributed by atoms with van der Waals surface area (Å²) in [4.78, 5) is 20.7. The minimum Gasteiger partial charge on any atom is -0.496 e. The maximum atomic E-state index is 11.5. The molecule has 1 aliphatic carbocycles. The summed E-state index contributed by atoms with van der Waals surface area (Å²) >= 11 is 1.30. The van der Waals surface area contributed by atoms with Crippen molar-refractivity contribution in [3.63, 3.8) is 0 Å². The second kappa shape index (κ2) is 11.2. The highest BCUT2D eigenvalue weighted by atomic mass is 32.1. The van der Waals surface area contributed by atoms with Gasteiger partial charge in [0.2, 0.25) is 5.89 Å². The number of thiazole rings is 1. The number of ether oxygens (including phenoxy) is 3. The highest BCUT2D eigenvalue weighted by Gasteiger charge is 2.30. The van der Waals surface area contributed by atoms with E-state index in [4.69, 9.17) is 18.6 Å². The lowest BCUT2D eigenvalue weighted by molar-refractivity contribution is -0.136. The molecule has 3 aromatic rings. The number of carbonyl (C=O) groups is 1. The van der Waals surface area contributed by atoms with Crippen LogP contribution in [0.2, 0.25) is 0 Å². The highest BCUT2D eigenvalue weighted by molar-refractivity contribution is 7.15. The fourth-order valence-electron chi connectivity index (χ4n) is 4.42. The predicted molar refractivity (Wildman–Crippen MR) is 129 cm³/mol. The van der Waals surface area contributed by atoms with Gasteiger partial charge in [0, 0.05) is 12.0 Å². The molecule has 1 aliphatic rings. The Bertz CT molecular complexity index is 1110. The lowest BCUT2D eigenvalue weighted by Crippen LogP contribution is -2.29. The van der Waals surface area contributed by atoms with E-state index in [0.717, 1.165) is 31.2 Å². The number of aliphatic carboxylic acids is 1. The zero-order valence-electron chi connectivity index (χ0n) is 20.0. The summed E-state index contributed by atoms with van der Waals surface area (Å²) in [6, 6.07) is 3.59. The second-order valence-electron chi connectivity index (χ2n) is 8.57. The second-order valence-corrected chi connectivity index (χ2v) is 9.66. The number of aromatic nitrogens is 2. The fraction of sp³-hybridized carbons (Fsp3) is 0.480. The summed E-state index contributed by atoms with van der Waals surface area (Å²) < 4.78 is 22.8. The molecule has 1 saturated carbocycles. The first kappa shape index (κ1) is 25.2. The van der Waals surface area contributed by atoms with Crippen LogP contribution >= 0.6 is 11.3 Å². The first-order chi connectivity index (χ1) is 16.9. The molecule has 2 N–H and O–H groups in total. The van der Waals surface area contributed by atoms with Crippen LogP contribution in [0.1, 0.15) is 53.6 Å². The van der Waals surface area contributed by atoms with E-state index >= 15 is 0 Å². The third kappa shape index (κ3) is 5.83. The van der Waals surface area contributed by atoms with E-state index in [1.165, 1.54) is 23.8 Å². The van der Waals surface area contributed by atoms with Crippen molar-refractivity contribution in [3.05, 3.63) is 46.4 Å². The van der Waals surface area contributed by atoms with Gasteiger partial charge in [-0.25, -0.2) is 9.97 Å². The first-order valence-corrected chi connectivity index (χ1v) is 12.4. The van der Waals surface area contributed by atoms with Crippen LogP contribution in [-0.4, -0.2) is 52.6 Å². The topological polar surface area (TPSA) is 124 Å². The summed E-state index contributed by atoms with van der Waals surface area (Å²) in [5, 5.41) is 21.4. The molecular formula is C25H30N2O7S. The van der Waals surface area contributed by atoms with Crippen LogP contribution in [0.5, 0.6) is 11.5 Å². The molecule has 0 saturated heterocycles. The van der Waals surface area contributed by atoms with Gasteiger partial charge in [0.05, 0.1) is 49.7 Å². The Morgan fingerprint density at radius 1 is 1.23 bits per heavy atom. The average molecular weight is 503 g/mol. The molecule has 0 aliphatic heterocycles. The van der Waals surface area contributed by atoms with Crippen LogP contribution in [0, 0.1) is 6.92 Å². The van der Waals surface area contributed by atoms with E-state index in [-0.39, 0.29) is 12.5 Å². The number of rotatable bonds is 11. The van der Waals surface area contributed by atoms with Crippen molar-refractivity contribution in [2.24, 2.45) is 0 Å². The Morgan fingerprint density at radius 2 is 1.91 bits per heavy atom. The van der Waals surface area contributed by atoms with Gasteiger partial charge in [-0.15, -0.1) is 11.3 Å². The molecule has 10 heteroatoms. The molecule has 0 unspecified atom stereocenters. The summed E-state index contributed by atoms with van der Waals surface area (Å²) in [5.41, 5.74) is 1.84. The lowest BCUT2D eigenvalue weighted by atomic mass is 9.99. The smallest absolute Gasteiger partial charge is 0.309 e. The van der Waals surface area contributed by atoms with Gasteiger partial charge in [-0.1, -0.05) is 12.8 Å². The lowest BCUT2D eigenvalue weighted by Gasteiger charge is -2.27. The summed E-state index contributed by atoms with van der Waals surface area (Å²) in [6.07, 6.45) is 5.52. The molecule has 2 atom stereocenters. The predicted octanol–water partition coefficient (Wildman–Crippen LogP) is 4.35. The van der Waals surface area contributed by atoms with E-state index in [1.54, 1.807) is 26.4 Å². The van der Waals surface area contributed by atoms with Crippen LogP contribution in [0.4, 0.5) is 0 Å². The van der Waals surface area contributed by atoms with Gasteiger partial charge in [0.25, 0.3) is 0 Å². The Hall–Kier alpha value is -2.95. The van der Waals surface area contributed by atoms with E-state index in [0.29, 0.717) is 45.0 Å². The number of oxazole rings is 1. The third-order valence-corrected chi connectivity index (χ3v) is 7.31. The van der Waals surface area contributed by atoms with Crippen LogP contribution in [0.3, 0.4) is 0 Å². The van der Waals surface area contributed by atoms with Gasteiger partial charge in [-0.3, -0.25) is 4.79 Å². The van der Waals surface area contributed by atoms with Crippen LogP contribution in [0.15, 0.2) is 29.0 Å². The normalized spacial score (nSPS) is 15.8. The minimum atomic E-state index is -0.993. The number of aliphatic hydroxyl groups is 1. The zero-order chi connectivity index (χ0) is 24.9. The molecule has 0 radical (unpaired) electrons. The van der Waals surface area contributed by atoms with Crippen LogP contribution in [-0.2, 0) is 22.4 Å². The molecule has 188 valence electrons. The van der Waals surface area contributed by atoms with Crippen molar-refractivity contribution in [1.29, 1.82) is 0 Å². The number of carboxylic acids is 1. The molecule has 35 heavy (non-hydrogen) atoms. The quantitative estimate of drug-likeness (QED) is 0.394. The zero-order valence-corrected chi connectivity index (χ0v) is 20.8. The maximum absolute atomic E-state index is 11.5. The van der Waals surface area contributed by atoms with Crippen molar-refractivity contribution in [2.45, 2.75) is 63.8 Å². The number of aliphatic hydroxyl groups excluding tert-OH is 1. The molecule has 9 nitrogen and oxygen atoms in total. The van der Waals surface area contributed by atoms with E-state index in [9.17, 15) is 15.0 Å². The maximum Gasteiger partial charge on any atom is 0.309 e. The average Bonchev–Trinajstić information content (AvgIpc) is 3.61. The largest absolute Gasteiger partial charge is 0.496 e. The molecule has 0 bridgehead atoms. The van der Waals surface area contributed by atoms with E-state index < -0.39 is 18.2 Å². The molecule has 1 fully saturated rings. The van der Waals surface area contributed by atoms with Gasteiger partial charge in [-0.05, 0) is 37.5 Å². The Morgan fingerprint density at radius 3 is 2.49 bits per heavy atom. The number of hydrogen-bond acceptors (Lipinski definition) is 9. The van der Waals surface area contributed by atoms with E-state index in [2.05, 4.69) is 9.97 Å². The van der Waals surface area contributed by atoms with E-state index in [1.807, 2.05) is 6.92 Å². The SMILES string of the molecule is COc1cc([C@@H](O)[C@H](Cc2nc(CC(=O)O)c(-c3ncco3)s2)OC2CCCC2)cc(OC)c1C. The van der Waals surface area contributed by atoms with Gasteiger partial charge < -0.3 is 28.8 Å². The first-order valence-electron chi connectivity index (χ1n) is 11.6.